The molecule has 166 valence electrons. The maximum absolute atomic E-state index is 13.3. The number of allylic oxidation sites excluding steroid dienone is 1. The molecule has 33 heavy (non-hydrogen) atoms. The molecule has 1 atom stereocenters. The molecule has 5 rings (SSSR count). The summed E-state index contributed by atoms with van der Waals surface area (Å²) in [5.41, 5.74) is 1.74. The molecule has 0 fully saturated rings. The predicted molar refractivity (Wildman–Crippen MR) is 128 cm³/mol. The van der Waals surface area contributed by atoms with Crippen molar-refractivity contribution in [2.45, 2.75) is 24.2 Å². The van der Waals surface area contributed by atoms with Crippen molar-refractivity contribution in [3.8, 4) is 11.4 Å². The van der Waals surface area contributed by atoms with E-state index in [1.807, 2.05) is 46.3 Å². The molecule has 4 aromatic heterocycles. The lowest BCUT2D eigenvalue weighted by Crippen LogP contribution is -2.28. The number of rotatable bonds is 8. The minimum atomic E-state index is -0.262. The molecule has 10 heteroatoms. The molecule has 0 saturated carbocycles. The number of carbonyl (C=O) groups is 1. The number of hydrogen-bond donors (Lipinski definition) is 0. The summed E-state index contributed by atoms with van der Waals surface area (Å²) in [5, 5.41) is 17.5. The second kappa shape index (κ2) is 9.55. The summed E-state index contributed by atoms with van der Waals surface area (Å²) in [7, 11) is 0. The molecular weight excluding hydrogens is 456 g/mol. The lowest BCUT2D eigenvalue weighted by atomic mass is 10.1. The number of hydrogen-bond acceptors (Lipinski definition) is 8. The van der Waals surface area contributed by atoms with Gasteiger partial charge in [-0.05, 0) is 35.7 Å². The normalized spacial score (nSPS) is 15.6. The van der Waals surface area contributed by atoms with Crippen molar-refractivity contribution in [1.82, 2.24) is 24.8 Å². The van der Waals surface area contributed by atoms with Gasteiger partial charge in [0.25, 0.3) is 5.91 Å². The van der Waals surface area contributed by atoms with Crippen LogP contribution in [-0.4, -0.2) is 42.1 Å². The fourth-order valence-electron chi connectivity index (χ4n) is 3.62. The fraction of sp³-hybridized carbons (Fsp3) is 0.174. The minimum Gasteiger partial charge on any atom is -0.467 e. The van der Waals surface area contributed by atoms with Crippen molar-refractivity contribution in [3.05, 3.63) is 83.7 Å². The number of thiophene rings is 1. The van der Waals surface area contributed by atoms with E-state index in [4.69, 9.17) is 4.42 Å². The molecule has 0 spiro atoms. The van der Waals surface area contributed by atoms with E-state index in [9.17, 15) is 4.79 Å². The summed E-state index contributed by atoms with van der Waals surface area (Å²) in [6, 6.07) is 11.2. The molecule has 1 aliphatic heterocycles. The van der Waals surface area contributed by atoms with Crippen molar-refractivity contribution >= 4 is 34.7 Å². The highest BCUT2D eigenvalue weighted by molar-refractivity contribution is 7.99. The lowest BCUT2D eigenvalue weighted by Gasteiger charge is -2.19. The van der Waals surface area contributed by atoms with E-state index < -0.39 is 0 Å². The van der Waals surface area contributed by atoms with Gasteiger partial charge in [0.2, 0.25) is 0 Å². The number of carbonyl (C=O) groups excluding carboxylic acids is 1. The smallest absolute Gasteiger partial charge is 0.253 e. The molecule has 4 aromatic rings. The summed E-state index contributed by atoms with van der Waals surface area (Å²) in [4.78, 5) is 18.5. The van der Waals surface area contributed by atoms with Crippen LogP contribution in [0.1, 0.15) is 23.1 Å². The molecule has 8 nitrogen and oxygen atoms in total. The van der Waals surface area contributed by atoms with Crippen LogP contribution in [0.25, 0.3) is 11.4 Å². The van der Waals surface area contributed by atoms with Crippen LogP contribution < -0.4 is 0 Å². The first-order valence-electron chi connectivity index (χ1n) is 10.3. The Morgan fingerprint density at radius 1 is 1.27 bits per heavy atom. The highest BCUT2D eigenvalue weighted by Gasteiger charge is 2.35. The number of amides is 1. The number of pyridine rings is 1. The average Bonchev–Trinajstić information content (AvgIpc) is 3.64. The van der Waals surface area contributed by atoms with Crippen LogP contribution in [0.2, 0.25) is 0 Å². The lowest BCUT2D eigenvalue weighted by molar-refractivity contribution is -0.130. The molecule has 0 bridgehead atoms. The quantitative estimate of drug-likeness (QED) is 0.272. The van der Waals surface area contributed by atoms with Gasteiger partial charge in [0, 0.05) is 30.9 Å². The van der Waals surface area contributed by atoms with Gasteiger partial charge in [-0.25, -0.2) is 5.01 Å². The maximum atomic E-state index is 13.3. The summed E-state index contributed by atoms with van der Waals surface area (Å²) < 4.78 is 7.54. The molecule has 0 radical (unpaired) electrons. The minimum absolute atomic E-state index is 0.121. The third-order valence-electron chi connectivity index (χ3n) is 5.12. The van der Waals surface area contributed by atoms with E-state index in [1.165, 1.54) is 16.8 Å². The maximum Gasteiger partial charge on any atom is 0.253 e. The van der Waals surface area contributed by atoms with E-state index in [-0.39, 0.29) is 17.7 Å². The van der Waals surface area contributed by atoms with Gasteiger partial charge in [0.1, 0.15) is 11.8 Å². The molecule has 1 amide bonds. The van der Waals surface area contributed by atoms with E-state index in [1.54, 1.807) is 36.1 Å². The largest absolute Gasteiger partial charge is 0.467 e. The number of thioether (sulfide) groups is 1. The molecule has 0 aliphatic carbocycles. The van der Waals surface area contributed by atoms with Crippen molar-refractivity contribution in [2.75, 3.05) is 5.75 Å². The molecule has 1 aliphatic rings. The zero-order valence-corrected chi connectivity index (χ0v) is 19.2. The molecule has 5 heterocycles. The van der Waals surface area contributed by atoms with Crippen LogP contribution in [0.3, 0.4) is 0 Å². The van der Waals surface area contributed by atoms with Gasteiger partial charge in [-0.15, -0.1) is 28.1 Å². The first kappa shape index (κ1) is 21.4. The molecule has 0 saturated heterocycles. The predicted octanol–water partition coefficient (Wildman–Crippen LogP) is 4.65. The van der Waals surface area contributed by atoms with Crippen LogP contribution in [-0.2, 0) is 11.3 Å². The van der Waals surface area contributed by atoms with Crippen LogP contribution in [0.4, 0.5) is 0 Å². The second-order valence-electron chi connectivity index (χ2n) is 7.23. The van der Waals surface area contributed by atoms with E-state index in [2.05, 4.69) is 26.9 Å². The molecule has 0 N–H and O–H groups in total. The Kier molecular flexibility index (Phi) is 6.18. The standard InChI is InChI=1S/C23H20N6O2S2/c1-2-10-28-22(16-6-3-9-24-14-16)25-26-23(28)33-15-21(30)29-18(19-7-4-11-31-19)13-17(27-29)20-8-5-12-32-20/h2-9,11-12,14,18H,1,10,13,15H2. The van der Waals surface area contributed by atoms with Gasteiger partial charge in [-0.3, -0.25) is 14.3 Å². The Labute approximate surface area is 198 Å². The van der Waals surface area contributed by atoms with Gasteiger partial charge in [-0.1, -0.05) is 23.9 Å². The summed E-state index contributed by atoms with van der Waals surface area (Å²) in [6.45, 7) is 4.36. The van der Waals surface area contributed by atoms with Gasteiger partial charge in [0.15, 0.2) is 11.0 Å². The first-order chi connectivity index (χ1) is 16.2. The van der Waals surface area contributed by atoms with E-state index in [0.717, 1.165) is 21.9 Å². The Balaban J connectivity index is 1.36. The zero-order chi connectivity index (χ0) is 22.6. The number of furan rings is 1. The Bertz CT molecular complexity index is 1270. The number of hydrazone groups is 1. The molecule has 0 aromatic carbocycles. The highest BCUT2D eigenvalue weighted by atomic mass is 32.2. The topological polar surface area (TPSA) is 89.4 Å². The summed E-state index contributed by atoms with van der Waals surface area (Å²) in [5.74, 6) is 1.45. The summed E-state index contributed by atoms with van der Waals surface area (Å²) in [6.07, 6.45) is 7.46. The van der Waals surface area contributed by atoms with Crippen LogP contribution in [0.15, 0.2) is 87.8 Å². The van der Waals surface area contributed by atoms with Crippen LogP contribution >= 0.6 is 23.1 Å². The number of aromatic nitrogens is 4. The van der Waals surface area contributed by atoms with Crippen molar-refractivity contribution in [2.24, 2.45) is 5.10 Å². The Morgan fingerprint density at radius 2 is 2.21 bits per heavy atom. The van der Waals surface area contributed by atoms with Gasteiger partial charge in [-0.2, -0.15) is 5.10 Å². The summed E-state index contributed by atoms with van der Waals surface area (Å²) >= 11 is 2.94. The number of nitrogens with zero attached hydrogens (tertiary/aromatic N) is 6. The van der Waals surface area contributed by atoms with Gasteiger partial charge >= 0.3 is 0 Å². The van der Waals surface area contributed by atoms with Crippen molar-refractivity contribution in [1.29, 1.82) is 0 Å². The molecule has 1 unspecified atom stereocenters. The monoisotopic (exact) mass is 476 g/mol. The molecular formula is C23H20N6O2S2. The average molecular weight is 477 g/mol. The SMILES string of the molecule is C=CCn1c(SCC(=O)N2N=C(c3cccs3)CC2c2ccco2)nnc1-c1cccnc1. The highest BCUT2D eigenvalue weighted by Crippen LogP contribution is 2.35. The van der Waals surface area contributed by atoms with E-state index >= 15 is 0 Å². The van der Waals surface area contributed by atoms with Crippen molar-refractivity contribution in [3.63, 3.8) is 0 Å². The zero-order valence-electron chi connectivity index (χ0n) is 17.6. The van der Waals surface area contributed by atoms with E-state index in [0.29, 0.717) is 23.9 Å². The fourth-order valence-corrected chi connectivity index (χ4v) is 5.15. The van der Waals surface area contributed by atoms with Crippen LogP contribution in [0.5, 0.6) is 0 Å². The second-order valence-corrected chi connectivity index (χ2v) is 9.12. The van der Waals surface area contributed by atoms with Crippen LogP contribution in [0, 0.1) is 0 Å². The Morgan fingerprint density at radius 3 is 2.94 bits per heavy atom. The Hall–Kier alpha value is -3.50. The van der Waals surface area contributed by atoms with Crippen molar-refractivity contribution < 1.29 is 9.21 Å². The first-order valence-corrected chi connectivity index (χ1v) is 12.1. The van der Waals surface area contributed by atoms with Gasteiger partial charge < -0.3 is 4.42 Å². The van der Waals surface area contributed by atoms with Gasteiger partial charge in [0.05, 0.1) is 22.6 Å². The third kappa shape index (κ3) is 4.39. The third-order valence-corrected chi connectivity index (χ3v) is 6.99.